The summed E-state index contributed by atoms with van der Waals surface area (Å²) in [4.78, 5) is 0. The van der Waals surface area contributed by atoms with Crippen molar-refractivity contribution in [1.29, 1.82) is 0 Å². The Morgan fingerprint density at radius 2 is 2.25 bits per heavy atom. The molecular formula is C8H9ClFNO. The molecule has 0 aromatic heterocycles. The van der Waals surface area contributed by atoms with Gasteiger partial charge >= 0.3 is 0 Å². The van der Waals surface area contributed by atoms with Crippen LogP contribution in [0.3, 0.4) is 0 Å². The smallest absolute Gasteiger partial charge is 0.169 e. The van der Waals surface area contributed by atoms with E-state index in [1.807, 2.05) is 0 Å². The highest BCUT2D eigenvalue weighted by atomic mass is 35.5. The van der Waals surface area contributed by atoms with Crippen LogP contribution in [0, 0.1) is 5.82 Å². The van der Waals surface area contributed by atoms with Crippen molar-refractivity contribution in [3.63, 3.8) is 0 Å². The van der Waals surface area contributed by atoms with Gasteiger partial charge in [0.05, 0.1) is 7.11 Å². The Balaban J connectivity index is 3.22. The van der Waals surface area contributed by atoms with Crippen LogP contribution in [0.1, 0.15) is 5.56 Å². The largest absolute Gasteiger partial charge is 0.494 e. The molecule has 0 fully saturated rings. The number of nitrogens with two attached hydrogens (primary N) is 1. The van der Waals surface area contributed by atoms with E-state index >= 15 is 0 Å². The first kappa shape index (κ1) is 9.29. The van der Waals surface area contributed by atoms with Gasteiger partial charge in [-0.15, -0.1) is 0 Å². The van der Waals surface area contributed by atoms with Crippen LogP contribution in [0.5, 0.6) is 5.75 Å². The molecule has 0 aliphatic heterocycles. The van der Waals surface area contributed by atoms with E-state index in [2.05, 4.69) is 0 Å². The molecule has 0 bridgehead atoms. The fourth-order valence-electron chi connectivity index (χ4n) is 0.915. The van der Waals surface area contributed by atoms with Crippen LogP contribution in [-0.2, 0) is 6.54 Å². The molecule has 1 rings (SSSR count). The molecule has 0 radical (unpaired) electrons. The molecule has 0 amide bonds. The van der Waals surface area contributed by atoms with Crippen LogP contribution in [-0.4, -0.2) is 7.11 Å². The first-order valence-corrected chi connectivity index (χ1v) is 3.78. The fraction of sp³-hybridized carbons (Fsp3) is 0.250. The fourth-order valence-corrected chi connectivity index (χ4v) is 1.15. The molecule has 0 atom stereocenters. The van der Waals surface area contributed by atoms with Gasteiger partial charge in [0.15, 0.2) is 11.6 Å². The third-order valence-corrected chi connectivity index (χ3v) is 1.74. The first-order chi connectivity index (χ1) is 5.69. The lowest BCUT2D eigenvalue weighted by molar-refractivity contribution is 0.384. The lowest BCUT2D eigenvalue weighted by Gasteiger charge is -2.06. The highest BCUT2D eigenvalue weighted by Gasteiger charge is 2.08. The highest BCUT2D eigenvalue weighted by molar-refractivity contribution is 6.30. The molecule has 1 aromatic rings. The third kappa shape index (κ3) is 1.68. The van der Waals surface area contributed by atoms with Crippen molar-refractivity contribution in [3.8, 4) is 5.75 Å². The molecule has 0 spiro atoms. The topological polar surface area (TPSA) is 35.2 Å². The lowest BCUT2D eigenvalue weighted by Crippen LogP contribution is -2.01. The maximum Gasteiger partial charge on any atom is 0.169 e. The number of benzene rings is 1. The second kappa shape index (κ2) is 3.74. The van der Waals surface area contributed by atoms with Crippen molar-refractivity contribution in [1.82, 2.24) is 0 Å². The van der Waals surface area contributed by atoms with Gasteiger partial charge in [0, 0.05) is 23.2 Å². The SMILES string of the molecule is COc1cc(Cl)cc(CN)c1F. The van der Waals surface area contributed by atoms with Crippen LogP contribution >= 0.6 is 11.6 Å². The molecule has 0 heterocycles. The Bertz CT molecular complexity index is 265. The van der Waals surface area contributed by atoms with Gasteiger partial charge in [0.2, 0.25) is 0 Å². The summed E-state index contributed by atoms with van der Waals surface area (Å²) in [6.45, 7) is 0.114. The van der Waals surface area contributed by atoms with E-state index < -0.39 is 5.82 Å². The Hall–Kier alpha value is -0.800. The molecule has 1 aromatic carbocycles. The number of hydrogen-bond donors (Lipinski definition) is 1. The molecule has 66 valence electrons. The molecule has 0 unspecified atom stereocenters. The van der Waals surface area contributed by atoms with Gasteiger partial charge in [-0.25, -0.2) is 4.39 Å². The maximum atomic E-state index is 13.2. The molecule has 2 N–H and O–H groups in total. The van der Waals surface area contributed by atoms with Gasteiger partial charge in [0.25, 0.3) is 0 Å². The maximum absolute atomic E-state index is 13.2. The summed E-state index contributed by atoms with van der Waals surface area (Å²) in [7, 11) is 1.38. The van der Waals surface area contributed by atoms with Crippen LogP contribution in [0.15, 0.2) is 12.1 Å². The predicted octanol–water partition coefficient (Wildman–Crippen LogP) is 1.95. The zero-order valence-electron chi connectivity index (χ0n) is 6.60. The summed E-state index contributed by atoms with van der Waals surface area (Å²) >= 11 is 5.68. The normalized spacial score (nSPS) is 10.0. The standard InChI is InChI=1S/C8H9ClFNO/c1-12-7-3-6(9)2-5(4-11)8(7)10/h2-3H,4,11H2,1H3. The average molecular weight is 190 g/mol. The van der Waals surface area contributed by atoms with Gasteiger partial charge < -0.3 is 10.5 Å². The van der Waals surface area contributed by atoms with E-state index in [1.165, 1.54) is 19.2 Å². The second-order valence-corrected chi connectivity index (χ2v) is 2.72. The zero-order chi connectivity index (χ0) is 9.14. The summed E-state index contributed by atoms with van der Waals surface area (Å²) in [5, 5.41) is 0.425. The van der Waals surface area contributed by atoms with E-state index in [0.717, 1.165) is 0 Å². The second-order valence-electron chi connectivity index (χ2n) is 2.29. The highest BCUT2D eigenvalue weighted by Crippen LogP contribution is 2.25. The minimum atomic E-state index is -0.440. The Labute approximate surface area is 75.1 Å². The summed E-state index contributed by atoms with van der Waals surface area (Å²) in [6.07, 6.45) is 0. The molecule has 0 saturated carbocycles. The Kier molecular flexibility index (Phi) is 2.89. The number of rotatable bonds is 2. The molecule has 4 heteroatoms. The molecular weight excluding hydrogens is 181 g/mol. The third-order valence-electron chi connectivity index (χ3n) is 1.52. The van der Waals surface area contributed by atoms with E-state index in [9.17, 15) is 4.39 Å². The van der Waals surface area contributed by atoms with Gasteiger partial charge in [-0.1, -0.05) is 11.6 Å². The van der Waals surface area contributed by atoms with Crippen molar-refractivity contribution in [2.24, 2.45) is 5.73 Å². The molecule has 0 aliphatic carbocycles. The van der Waals surface area contributed by atoms with Crippen LogP contribution in [0.4, 0.5) is 4.39 Å². The van der Waals surface area contributed by atoms with Crippen molar-refractivity contribution in [3.05, 3.63) is 28.5 Å². The Morgan fingerprint density at radius 3 is 2.75 bits per heavy atom. The minimum absolute atomic E-state index is 0.114. The van der Waals surface area contributed by atoms with Crippen molar-refractivity contribution >= 4 is 11.6 Å². The predicted molar refractivity (Wildman–Crippen MR) is 45.9 cm³/mol. The lowest BCUT2D eigenvalue weighted by atomic mass is 10.2. The number of halogens is 2. The van der Waals surface area contributed by atoms with Crippen molar-refractivity contribution in [2.45, 2.75) is 6.54 Å². The van der Waals surface area contributed by atoms with Gasteiger partial charge in [-0.2, -0.15) is 0 Å². The average Bonchev–Trinajstić information content (AvgIpc) is 2.08. The van der Waals surface area contributed by atoms with Gasteiger partial charge in [-0.05, 0) is 6.07 Å². The summed E-state index contributed by atoms with van der Waals surface area (Å²) in [5.74, 6) is -0.313. The van der Waals surface area contributed by atoms with Crippen molar-refractivity contribution < 1.29 is 9.13 Å². The van der Waals surface area contributed by atoms with Gasteiger partial charge in [0.1, 0.15) is 0 Å². The first-order valence-electron chi connectivity index (χ1n) is 3.41. The molecule has 12 heavy (non-hydrogen) atoms. The quantitative estimate of drug-likeness (QED) is 0.772. The summed E-state index contributed by atoms with van der Waals surface area (Å²) in [5.41, 5.74) is 5.65. The molecule has 0 aliphatic rings. The van der Waals surface area contributed by atoms with E-state index in [4.69, 9.17) is 22.1 Å². The van der Waals surface area contributed by atoms with Crippen molar-refractivity contribution in [2.75, 3.05) is 7.11 Å². The molecule has 0 saturated heterocycles. The van der Waals surface area contributed by atoms with Crippen LogP contribution < -0.4 is 10.5 Å². The minimum Gasteiger partial charge on any atom is -0.494 e. The Morgan fingerprint density at radius 1 is 1.58 bits per heavy atom. The number of methoxy groups -OCH3 is 1. The zero-order valence-corrected chi connectivity index (χ0v) is 7.36. The monoisotopic (exact) mass is 189 g/mol. The van der Waals surface area contributed by atoms with Crippen LogP contribution in [0.25, 0.3) is 0 Å². The van der Waals surface area contributed by atoms with E-state index in [0.29, 0.717) is 10.6 Å². The molecule has 2 nitrogen and oxygen atoms in total. The van der Waals surface area contributed by atoms with Crippen LogP contribution in [0.2, 0.25) is 5.02 Å². The van der Waals surface area contributed by atoms with E-state index in [-0.39, 0.29) is 12.3 Å². The number of hydrogen-bond acceptors (Lipinski definition) is 2. The number of ether oxygens (including phenoxy) is 1. The summed E-state index contributed by atoms with van der Waals surface area (Å²) < 4.78 is 17.9. The van der Waals surface area contributed by atoms with E-state index in [1.54, 1.807) is 0 Å². The summed E-state index contributed by atoms with van der Waals surface area (Å²) in [6, 6.07) is 2.90. The van der Waals surface area contributed by atoms with Gasteiger partial charge in [-0.3, -0.25) is 0 Å².